The van der Waals surface area contributed by atoms with Crippen molar-refractivity contribution in [3.05, 3.63) is 48.1 Å². The number of anilines is 1. The third kappa shape index (κ3) is 1.72. The van der Waals surface area contributed by atoms with Gasteiger partial charge in [-0.05, 0) is 30.5 Å². The van der Waals surface area contributed by atoms with Crippen LogP contribution in [-0.4, -0.2) is 6.04 Å². The van der Waals surface area contributed by atoms with E-state index in [4.69, 9.17) is 0 Å². The summed E-state index contributed by atoms with van der Waals surface area (Å²) in [7, 11) is 0. The SMILES string of the molecule is C=CC1CC=Cc2ccc(C)cc2N1. The minimum Gasteiger partial charge on any atom is -0.378 e. The Morgan fingerprint density at radius 1 is 1.50 bits per heavy atom. The van der Waals surface area contributed by atoms with Crippen molar-refractivity contribution in [3.8, 4) is 0 Å². The fourth-order valence-corrected chi connectivity index (χ4v) is 1.70. The van der Waals surface area contributed by atoms with Gasteiger partial charge in [0.2, 0.25) is 0 Å². The fraction of sp³-hybridized carbons (Fsp3) is 0.231. The van der Waals surface area contributed by atoms with Crippen molar-refractivity contribution in [3.63, 3.8) is 0 Å². The highest BCUT2D eigenvalue weighted by atomic mass is 14.9. The highest BCUT2D eigenvalue weighted by Gasteiger charge is 2.08. The molecule has 0 amide bonds. The van der Waals surface area contributed by atoms with Crippen molar-refractivity contribution in [2.45, 2.75) is 19.4 Å². The van der Waals surface area contributed by atoms with Crippen molar-refractivity contribution in [2.24, 2.45) is 0 Å². The van der Waals surface area contributed by atoms with Crippen LogP contribution in [0.4, 0.5) is 5.69 Å². The maximum absolute atomic E-state index is 3.82. The molecule has 1 N–H and O–H groups in total. The molecule has 1 aliphatic heterocycles. The van der Waals surface area contributed by atoms with Gasteiger partial charge < -0.3 is 5.32 Å². The molecule has 0 aliphatic carbocycles. The van der Waals surface area contributed by atoms with E-state index in [0.29, 0.717) is 6.04 Å². The number of fused-ring (bicyclic) bond motifs is 1. The molecular formula is C13H15N. The van der Waals surface area contributed by atoms with Crippen molar-refractivity contribution >= 4 is 11.8 Å². The van der Waals surface area contributed by atoms with E-state index in [1.54, 1.807) is 0 Å². The molecule has 0 spiro atoms. The standard InChI is InChI=1S/C13H15N/c1-3-12-6-4-5-11-8-7-10(2)9-13(11)14-12/h3-5,7-9,12,14H,1,6H2,2H3. The summed E-state index contributed by atoms with van der Waals surface area (Å²) >= 11 is 0. The number of hydrogen-bond acceptors (Lipinski definition) is 1. The van der Waals surface area contributed by atoms with Crippen LogP contribution in [0.3, 0.4) is 0 Å². The van der Waals surface area contributed by atoms with Gasteiger partial charge in [0.05, 0.1) is 0 Å². The summed E-state index contributed by atoms with van der Waals surface area (Å²) in [5.41, 5.74) is 3.76. The second-order valence-corrected chi connectivity index (χ2v) is 3.72. The highest BCUT2D eigenvalue weighted by molar-refractivity contribution is 5.69. The van der Waals surface area contributed by atoms with Crippen LogP contribution < -0.4 is 5.32 Å². The van der Waals surface area contributed by atoms with Gasteiger partial charge in [0.1, 0.15) is 0 Å². The lowest BCUT2D eigenvalue weighted by Gasteiger charge is -2.14. The second kappa shape index (κ2) is 3.70. The first-order chi connectivity index (χ1) is 6.79. The molecule has 1 aromatic carbocycles. The Hall–Kier alpha value is -1.50. The quantitative estimate of drug-likeness (QED) is 0.661. The third-order valence-electron chi connectivity index (χ3n) is 2.52. The normalized spacial score (nSPS) is 19.4. The van der Waals surface area contributed by atoms with E-state index in [2.05, 4.69) is 49.2 Å². The molecule has 1 unspecified atom stereocenters. The third-order valence-corrected chi connectivity index (χ3v) is 2.52. The van der Waals surface area contributed by atoms with Crippen molar-refractivity contribution in [1.82, 2.24) is 0 Å². The zero-order valence-corrected chi connectivity index (χ0v) is 8.46. The monoisotopic (exact) mass is 185 g/mol. The molecule has 1 atom stereocenters. The minimum absolute atomic E-state index is 0.356. The van der Waals surface area contributed by atoms with Crippen LogP contribution >= 0.6 is 0 Å². The average molecular weight is 185 g/mol. The molecule has 72 valence electrons. The number of rotatable bonds is 1. The van der Waals surface area contributed by atoms with Crippen LogP contribution in [0.5, 0.6) is 0 Å². The van der Waals surface area contributed by atoms with Crippen LogP contribution in [0.1, 0.15) is 17.5 Å². The zero-order valence-electron chi connectivity index (χ0n) is 8.46. The average Bonchev–Trinajstić information content (AvgIpc) is 2.38. The summed E-state index contributed by atoms with van der Waals surface area (Å²) in [6, 6.07) is 6.83. The Bertz CT molecular complexity index is 377. The molecule has 1 heterocycles. The summed E-state index contributed by atoms with van der Waals surface area (Å²) in [6.45, 7) is 5.94. The molecule has 0 saturated carbocycles. The number of benzene rings is 1. The van der Waals surface area contributed by atoms with Crippen LogP contribution in [0, 0.1) is 6.92 Å². The van der Waals surface area contributed by atoms with Gasteiger partial charge in [0.15, 0.2) is 0 Å². The van der Waals surface area contributed by atoms with Gasteiger partial charge in [-0.15, -0.1) is 6.58 Å². The van der Waals surface area contributed by atoms with E-state index in [0.717, 1.165) is 6.42 Å². The minimum atomic E-state index is 0.356. The Morgan fingerprint density at radius 3 is 3.14 bits per heavy atom. The Balaban J connectivity index is 2.40. The highest BCUT2D eigenvalue weighted by Crippen LogP contribution is 2.23. The molecule has 14 heavy (non-hydrogen) atoms. The predicted octanol–water partition coefficient (Wildman–Crippen LogP) is 3.38. The molecule has 0 aromatic heterocycles. The maximum atomic E-state index is 3.82. The molecule has 2 rings (SSSR count). The van der Waals surface area contributed by atoms with Crippen molar-refractivity contribution < 1.29 is 0 Å². The fourth-order valence-electron chi connectivity index (χ4n) is 1.70. The Labute approximate surface area is 85.2 Å². The van der Waals surface area contributed by atoms with Gasteiger partial charge in [0.25, 0.3) is 0 Å². The van der Waals surface area contributed by atoms with Gasteiger partial charge in [-0.3, -0.25) is 0 Å². The largest absolute Gasteiger partial charge is 0.378 e. The number of hydrogen-bond donors (Lipinski definition) is 1. The second-order valence-electron chi connectivity index (χ2n) is 3.72. The van der Waals surface area contributed by atoms with Crippen molar-refractivity contribution in [2.75, 3.05) is 5.32 Å². The lowest BCUT2D eigenvalue weighted by Crippen LogP contribution is -2.14. The van der Waals surface area contributed by atoms with E-state index >= 15 is 0 Å². The zero-order chi connectivity index (χ0) is 9.97. The predicted molar refractivity (Wildman–Crippen MR) is 62.4 cm³/mol. The summed E-state index contributed by atoms with van der Waals surface area (Å²) < 4.78 is 0. The van der Waals surface area contributed by atoms with Gasteiger partial charge in [-0.2, -0.15) is 0 Å². The molecule has 1 heteroatoms. The number of aryl methyl sites for hydroxylation is 1. The molecule has 0 fully saturated rings. The first-order valence-corrected chi connectivity index (χ1v) is 4.96. The van der Waals surface area contributed by atoms with Gasteiger partial charge in [0, 0.05) is 11.7 Å². The van der Waals surface area contributed by atoms with Crippen LogP contribution in [0.25, 0.3) is 6.08 Å². The number of nitrogens with one attached hydrogen (secondary N) is 1. The molecular weight excluding hydrogens is 170 g/mol. The van der Waals surface area contributed by atoms with E-state index < -0.39 is 0 Å². The summed E-state index contributed by atoms with van der Waals surface area (Å²) in [6.07, 6.45) is 7.34. The van der Waals surface area contributed by atoms with E-state index in [1.807, 2.05) is 6.08 Å². The van der Waals surface area contributed by atoms with Gasteiger partial charge in [-0.1, -0.05) is 30.4 Å². The topological polar surface area (TPSA) is 12.0 Å². The first-order valence-electron chi connectivity index (χ1n) is 4.96. The van der Waals surface area contributed by atoms with Crippen LogP contribution in [0.15, 0.2) is 36.9 Å². The van der Waals surface area contributed by atoms with Gasteiger partial charge in [-0.25, -0.2) is 0 Å². The van der Waals surface area contributed by atoms with Gasteiger partial charge >= 0.3 is 0 Å². The summed E-state index contributed by atoms with van der Waals surface area (Å²) in [5.74, 6) is 0. The molecule has 0 bridgehead atoms. The smallest absolute Gasteiger partial charge is 0.0476 e. The molecule has 1 nitrogen and oxygen atoms in total. The lowest BCUT2D eigenvalue weighted by atomic mass is 10.1. The molecule has 1 aliphatic rings. The van der Waals surface area contributed by atoms with E-state index in [1.165, 1.54) is 16.8 Å². The van der Waals surface area contributed by atoms with E-state index in [-0.39, 0.29) is 0 Å². The maximum Gasteiger partial charge on any atom is 0.0476 e. The van der Waals surface area contributed by atoms with Crippen LogP contribution in [0.2, 0.25) is 0 Å². The first kappa shape index (κ1) is 9.07. The molecule has 0 radical (unpaired) electrons. The summed E-state index contributed by atoms with van der Waals surface area (Å²) in [5, 5.41) is 3.47. The van der Waals surface area contributed by atoms with Crippen LogP contribution in [-0.2, 0) is 0 Å². The molecule has 0 saturated heterocycles. The Kier molecular flexibility index (Phi) is 2.40. The summed E-state index contributed by atoms with van der Waals surface area (Å²) in [4.78, 5) is 0. The Morgan fingerprint density at radius 2 is 2.36 bits per heavy atom. The van der Waals surface area contributed by atoms with E-state index in [9.17, 15) is 0 Å². The van der Waals surface area contributed by atoms with Crippen molar-refractivity contribution in [1.29, 1.82) is 0 Å². The lowest BCUT2D eigenvalue weighted by molar-refractivity contribution is 0.903. The molecule has 1 aromatic rings.